The van der Waals surface area contributed by atoms with Crippen molar-refractivity contribution in [1.29, 1.82) is 0 Å². The molecule has 1 aromatic carbocycles. The van der Waals surface area contributed by atoms with Gasteiger partial charge in [-0.2, -0.15) is 0 Å². The number of amides is 3. The number of guanidine groups is 1. The summed E-state index contributed by atoms with van der Waals surface area (Å²) < 4.78 is 4.64. The zero-order valence-corrected chi connectivity index (χ0v) is 16.7. The van der Waals surface area contributed by atoms with Gasteiger partial charge in [-0.3, -0.25) is 14.9 Å². The minimum atomic E-state index is -1.48. The van der Waals surface area contributed by atoms with Gasteiger partial charge in [-0.1, -0.05) is 29.3 Å². The van der Waals surface area contributed by atoms with Crippen LogP contribution in [0, 0.1) is 0 Å². The lowest BCUT2D eigenvalue weighted by Crippen LogP contribution is -2.47. The van der Waals surface area contributed by atoms with E-state index < -0.39 is 42.5 Å². The van der Waals surface area contributed by atoms with Crippen LogP contribution in [-0.4, -0.2) is 61.2 Å². The Labute approximate surface area is 175 Å². The van der Waals surface area contributed by atoms with Crippen LogP contribution < -0.4 is 21.7 Å². The number of carboxylic acid groups (broad SMARTS) is 1. The molecule has 13 heteroatoms. The number of nitrogens with zero attached hydrogens (tertiary/aromatic N) is 1. The molecule has 1 unspecified atom stereocenters. The molecule has 29 heavy (non-hydrogen) atoms. The van der Waals surface area contributed by atoms with Crippen molar-refractivity contribution >= 4 is 53.0 Å². The number of carbonyl (C=O) groups is 4. The Bertz CT molecular complexity index is 797. The lowest BCUT2D eigenvalue weighted by molar-refractivity contribution is -0.142. The number of ether oxygens (including phenoxy) is 1. The average molecular weight is 448 g/mol. The molecule has 0 radical (unpaired) electrons. The molecule has 6 N–H and O–H groups in total. The molecule has 1 atom stereocenters. The largest absolute Gasteiger partial charge is 0.480 e. The molecule has 0 bridgehead atoms. The molecule has 0 aliphatic heterocycles. The van der Waals surface area contributed by atoms with Crippen LogP contribution in [0.1, 0.15) is 5.56 Å². The van der Waals surface area contributed by atoms with Gasteiger partial charge in [-0.05, 0) is 24.7 Å². The van der Waals surface area contributed by atoms with E-state index >= 15 is 0 Å². The molecule has 0 heterocycles. The van der Waals surface area contributed by atoms with Gasteiger partial charge in [0.15, 0.2) is 6.04 Å². The quantitative estimate of drug-likeness (QED) is 0.271. The minimum Gasteiger partial charge on any atom is -0.480 e. The van der Waals surface area contributed by atoms with Crippen molar-refractivity contribution in [2.24, 2.45) is 10.7 Å². The van der Waals surface area contributed by atoms with Crippen molar-refractivity contribution < 1.29 is 29.0 Å². The van der Waals surface area contributed by atoms with Gasteiger partial charge in [0, 0.05) is 10.0 Å². The number of likely N-dealkylation sites (N-methyl/N-ethyl adjacent to an activating group) is 1. The van der Waals surface area contributed by atoms with Gasteiger partial charge in [0.25, 0.3) is 0 Å². The molecule has 158 valence electrons. The molecule has 0 aliphatic rings. The van der Waals surface area contributed by atoms with Crippen molar-refractivity contribution in [1.82, 2.24) is 16.0 Å². The monoisotopic (exact) mass is 447 g/mol. The molecule has 0 spiro atoms. The number of carboxylic acids is 1. The summed E-state index contributed by atoms with van der Waals surface area (Å²) in [6.07, 6.45) is -1.48. The van der Waals surface area contributed by atoms with Crippen LogP contribution in [-0.2, 0) is 25.5 Å². The topological polar surface area (TPSA) is 172 Å². The second-order valence-corrected chi connectivity index (χ2v) is 6.30. The third-order valence-electron chi connectivity index (χ3n) is 3.22. The maximum absolute atomic E-state index is 12.0. The smallest absolute Gasteiger partial charge is 0.436 e. The Morgan fingerprint density at radius 3 is 2.38 bits per heavy atom. The van der Waals surface area contributed by atoms with E-state index in [1.807, 2.05) is 0 Å². The lowest BCUT2D eigenvalue weighted by atomic mass is 10.1. The summed E-state index contributed by atoms with van der Waals surface area (Å²) >= 11 is 11.9. The highest BCUT2D eigenvalue weighted by Crippen LogP contribution is 2.24. The Morgan fingerprint density at radius 2 is 1.83 bits per heavy atom. The van der Waals surface area contributed by atoms with Crippen LogP contribution in [0.2, 0.25) is 10.0 Å². The van der Waals surface area contributed by atoms with Gasteiger partial charge >= 0.3 is 12.1 Å². The fourth-order valence-corrected chi connectivity index (χ4v) is 2.47. The highest BCUT2D eigenvalue weighted by atomic mass is 35.5. The third-order valence-corrected chi connectivity index (χ3v) is 3.93. The van der Waals surface area contributed by atoms with Crippen LogP contribution in [0.25, 0.3) is 0 Å². The number of rotatable bonds is 8. The molecule has 0 saturated heterocycles. The van der Waals surface area contributed by atoms with Gasteiger partial charge in [-0.25, -0.2) is 9.59 Å². The number of hydrogen-bond donors (Lipinski definition) is 5. The van der Waals surface area contributed by atoms with Crippen molar-refractivity contribution in [3.8, 4) is 0 Å². The van der Waals surface area contributed by atoms with E-state index in [1.165, 1.54) is 7.05 Å². The molecule has 0 aromatic heterocycles. The number of carbonyl (C=O) groups excluding carboxylic acids is 3. The van der Waals surface area contributed by atoms with Crippen molar-refractivity contribution in [3.63, 3.8) is 0 Å². The number of hydrogen-bond acceptors (Lipinski definition) is 6. The Hall–Kier alpha value is -2.89. The van der Waals surface area contributed by atoms with Crippen LogP contribution in [0.3, 0.4) is 0 Å². The summed E-state index contributed by atoms with van der Waals surface area (Å²) in [5.74, 6) is -3.24. The number of nitrogens with one attached hydrogen (secondary N) is 3. The normalized spacial score (nSPS) is 12.0. The van der Waals surface area contributed by atoms with Gasteiger partial charge in [0.1, 0.15) is 6.61 Å². The van der Waals surface area contributed by atoms with Gasteiger partial charge in [-0.15, -0.1) is 4.99 Å². The number of nitrogens with two attached hydrogens (primary N) is 1. The Kier molecular flexibility index (Phi) is 9.86. The highest BCUT2D eigenvalue weighted by molar-refractivity contribution is 6.36. The fraction of sp³-hybridized carbons (Fsp3) is 0.312. The second-order valence-electron chi connectivity index (χ2n) is 5.49. The summed E-state index contributed by atoms with van der Waals surface area (Å²) in [6, 6.07) is 3.25. The van der Waals surface area contributed by atoms with Crippen LogP contribution in [0.4, 0.5) is 4.79 Å². The van der Waals surface area contributed by atoms with E-state index in [2.05, 4.69) is 25.7 Å². The van der Waals surface area contributed by atoms with Crippen LogP contribution in [0.5, 0.6) is 0 Å². The number of aliphatic imine (C=N–C) groups is 1. The zero-order chi connectivity index (χ0) is 22.0. The lowest BCUT2D eigenvalue weighted by Gasteiger charge is -2.13. The van der Waals surface area contributed by atoms with E-state index in [0.29, 0.717) is 5.56 Å². The van der Waals surface area contributed by atoms with Crippen molar-refractivity contribution in [3.05, 3.63) is 33.8 Å². The van der Waals surface area contributed by atoms with E-state index in [4.69, 9.17) is 34.0 Å². The first-order valence-corrected chi connectivity index (χ1v) is 8.80. The molecular weight excluding hydrogens is 429 g/mol. The molecule has 0 saturated carbocycles. The van der Waals surface area contributed by atoms with Crippen LogP contribution >= 0.6 is 23.2 Å². The van der Waals surface area contributed by atoms with Crippen molar-refractivity contribution in [2.45, 2.75) is 12.5 Å². The Balaban J connectivity index is 2.58. The van der Waals surface area contributed by atoms with Crippen molar-refractivity contribution in [2.75, 3.05) is 20.2 Å². The molecule has 1 aromatic rings. The average Bonchev–Trinajstić information content (AvgIpc) is 2.61. The van der Waals surface area contributed by atoms with E-state index in [9.17, 15) is 19.2 Å². The SMILES string of the molecule is CNCC(=O)NC(COC(=O)N=C(N)NC(=O)Cc1c(Cl)cccc1Cl)C(=O)O. The second kappa shape index (κ2) is 11.8. The van der Waals surface area contributed by atoms with Gasteiger partial charge in [0.05, 0.1) is 13.0 Å². The first-order chi connectivity index (χ1) is 13.6. The summed E-state index contributed by atoms with van der Waals surface area (Å²) in [5, 5.41) is 16.4. The van der Waals surface area contributed by atoms with E-state index in [0.717, 1.165) is 0 Å². The van der Waals surface area contributed by atoms with Crippen LogP contribution in [0.15, 0.2) is 23.2 Å². The Morgan fingerprint density at radius 1 is 1.21 bits per heavy atom. The molecule has 0 aliphatic carbocycles. The number of benzene rings is 1. The zero-order valence-electron chi connectivity index (χ0n) is 15.2. The van der Waals surface area contributed by atoms with Gasteiger partial charge < -0.3 is 26.2 Å². The molecule has 0 fully saturated rings. The summed E-state index contributed by atoms with van der Waals surface area (Å²) in [7, 11) is 1.50. The standard InChI is InChI=1S/C16H19Cl2N5O6/c1-20-6-13(25)21-11(14(26)27)7-29-16(28)23-15(19)22-12(24)5-8-9(17)3-2-4-10(8)18/h2-4,11,20H,5-7H2,1H3,(H,21,25)(H,26,27)(H3,19,22,23,24,28). The maximum Gasteiger partial charge on any atom is 0.436 e. The molecule has 3 amide bonds. The third kappa shape index (κ3) is 8.77. The van der Waals surface area contributed by atoms with E-state index in [1.54, 1.807) is 18.2 Å². The number of aliphatic carboxylic acids is 1. The predicted molar refractivity (Wildman–Crippen MR) is 105 cm³/mol. The summed E-state index contributed by atoms with van der Waals surface area (Å²) in [6.45, 7) is -0.812. The molecule has 1 rings (SSSR count). The fourth-order valence-electron chi connectivity index (χ4n) is 1.94. The highest BCUT2D eigenvalue weighted by Gasteiger charge is 2.22. The van der Waals surface area contributed by atoms with Gasteiger partial charge in [0.2, 0.25) is 17.8 Å². The minimum absolute atomic E-state index is 0.121. The summed E-state index contributed by atoms with van der Waals surface area (Å²) in [4.78, 5) is 49.4. The predicted octanol–water partition coefficient (Wildman–Crippen LogP) is -0.108. The molecule has 11 nitrogen and oxygen atoms in total. The first kappa shape index (κ1) is 24.1. The van der Waals surface area contributed by atoms with E-state index in [-0.39, 0.29) is 23.0 Å². The maximum atomic E-state index is 12.0. The summed E-state index contributed by atoms with van der Waals surface area (Å²) in [5.41, 5.74) is 5.81. The first-order valence-electron chi connectivity index (χ1n) is 8.04. The molecular formula is C16H19Cl2N5O6. The number of halogens is 2.